The Morgan fingerprint density at radius 2 is 0.679 bits per heavy atom. The summed E-state index contributed by atoms with van der Waals surface area (Å²) in [4.78, 5) is 31.2. The number of ketones is 1. The fraction of sp³-hybridized carbons (Fsp3) is 0.0816. The first-order valence-electron chi connectivity index (χ1n) is 17.7. The number of rotatable bonds is 10. The summed E-state index contributed by atoms with van der Waals surface area (Å²) in [5.41, 5.74) is 13.2. The molecule has 53 heavy (non-hydrogen) atoms. The van der Waals surface area contributed by atoms with E-state index in [1.54, 1.807) is 12.1 Å². The van der Waals surface area contributed by atoms with Crippen molar-refractivity contribution in [1.82, 2.24) is 0 Å². The first-order chi connectivity index (χ1) is 25.8. The molecule has 0 aliphatic carbocycles. The van der Waals surface area contributed by atoms with Crippen LogP contribution in [0.5, 0.6) is 0 Å². The largest absolute Gasteiger partial charge is 0.310 e. The highest BCUT2D eigenvalue weighted by Gasteiger charge is 2.19. The molecule has 0 atom stereocenters. The number of hydrogen-bond donors (Lipinski definition) is 0. The van der Waals surface area contributed by atoms with Crippen molar-refractivity contribution >= 4 is 51.4 Å². The molecule has 0 unspecified atom stereocenters. The SMILES string of the molecule is Cc1ccc(N(c2ccc(C)cc2)c2cccc(C(=O)c3cccc(C(=C=O)c4cccc(N(c5ccc(C)cc5)c5ccc(C)cc5)c4)c3)c2)cc1. The molecule has 0 saturated heterocycles. The van der Waals surface area contributed by atoms with Gasteiger partial charge in [-0.1, -0.05) is 113 Å². The van der Waals surface area contributed by atoms with Gasteiger partial charge < -0.3 is 9.80 Å². The fourth-order valence-electron chi connectivity index (χ4n) is 6.52. The number of anilines is 6. The van der Waals surface area contributed by atoms with E-state index in [2.05, 4.69) is 140 Å². The maximum Gasteiger partial charge on any atom is 0.193 e. The van der Waals surface area contributed by atoms with Gasteiger partial charge in [0.05, 0.1) is 5.57 Å². The lowest BCUT2D eigenvalue weighted by atomic mass is 9.94. The number of hydrogen-bond acceptors (Lipinski definition) is 4. The molecule has 7 aromatic rings. The number of carbonyl (C=O) groups is 1. The van der Waals surface area contributed by atoms with Gasteiger partial charge in [-0.3, -0.25) is 4.79 Å². The van der Waals surface area contributed by atoms with E-state index in [4.69, 9.17) is 0 Å². The summed E-state index contributed by atoms with van der Waals surface area (Å²) in [5, 5.41) is 0. The summed E-state index contributed by atoms with van der Waals surface area (Å²) < 4.78 is 0. The molecule has 0 N–H and O–H groups in total. The van der Waals surface area contributed by atoms with Crippen molar-refractivity contribution in [2.24, 2.45) is 0 Å². The summed E-state index contributed by atoms with van der Waals surface area (Å²) in [5.74, 6) is 2.07. The molecule has 4 heteroatoms. The Hall–Kier alpha value is -6.74. The fourth-order valence-corrected chi connectivity index (χ4v) is 6.52. The third-order valence-electron chi connectivity index (χ3n) is 9.44. The second-order valence-corrected chi connectivity index (χ2v) is 13.5. The van der Waals surface area contributed by atoms with E-state index in [0.717, 1.165) is 34.1 Å². The average Bonchev–Trinajstić information content (AvgIpc) is 3.18. The van der Waals surface area contributed by atoms with Gasteiger partial charge in [0.15, 0.2) is 5.78 Å². The van der Waals surface area contributed by atoms with Gasteiger partial charge >= 0.3 is 0 Å². The summed E-state index contributed by atoms with van der Waals surface area (Å²) in [6.45, 7) is 8.29. The molecular formula is C49H40N2O2. The topological polar surface area (TPSA) is 40.6 Å². The van der Waals surface area contributed by atoms with Gasteiger partial charge in [0, 0.05) is 45.3 Å². The minimum atomic E-state index is -0.134. The van der Waals surface area contributed by atoms with Gasteiger partial charge in [-0.25, -0.2) is 4.79 Å². The molecular weight excluding hydrogens is 649 g/mol. The van der Waals surface area contributed by atoms with Gasteiger partial charge in [-0.05, 0) is 118 Å². The molecule has 0 bridgehead atoms. The normalized spacial score (nSPS) is 10.7. The van der Waals surface area contributed by atoms with Crippen LogP contribution in [0.3, 0.4) is 0 Å². The second-order valence-electron chi connectivity index (χ2n) is 13.5. The first-order valence-corrected chi connectivity index (χ1v) is 17.7. The number of aryl methyl sites for hydroxylation is 4. The van der Waals surface area contributed by atoms with Crippen LogP contribution >= 0.6 is 0 Å². The molecule has 0 aromatic heterocycles. The number of carbonyl (C=O) groups excluding carboxylic acids is 2. The van der Waals surface area contributed by atoms with Crippen LogP contribution in [0.1, 0.15) is 49.3 Å². The molecule has 0 saturated carbocycles. The molecule has 258 valence electrons. The lowest BCUT2D eigenvalue weighted by Gasteiger charge is -2.26. The predicted molar refractivity (Wildman–Crippen MR) is 219 cm³/mol. The molecule has 7 aromatic carbocycles. The maximum absolute atomic E-state index is 14.2. The minimum absolute atomic E-state index is 0.134. The van der Waals surface area contributed by atoms with Gasteiger partial charge in [-0.2, -0.15) is 0 Å². The van der Waals surface area contributed by atoms with Gasteiger partial charge in [0.2, 0.25) is 0 Å². The van der Waals surface area contributed by atoms with Crippen LogP contribution in [0, 0.1) is 27.7 Å². The minimum Gasteiger partial charge on any atom is -0.310 e. The van der Waals surface area contributed by atoms with Crippen molar-refractivity contribution in [2.75, 3.05) is 9.80 Å². The number of nitrogens with zero attached hydrogens (tertiary/aromatic N) is 2. The Kier molecular flexibility index (Phi) is 9.98. The van der Waals surface area contributed by atoms with Crippen molar-refractivity contribution < 1.29 is 9.59 Å². The molecule has 7 rings (SSSR count). The zero-order valence-corrected chi connectivity index (χ0v) is 30.4. The molecule has 0 aliphatic rings. The molecule has 0 heterocycles. The monoisotopic (exact) mass is 688 g/mol. The zero-order valence-electron chi connectivity index (χ0n) is 30.4. The van der Waals surface area contributed by atoms with E-state index in [0.29, 0.717) is 27.8 Å². The van der Waals surface area contributed by atoms with Gasteiger partial charge in [0.1, 0.15) is 5.94 Å². The van der Waals surface area contributed by atoms with Crippen LogP contribution in [-0.4, -0.2) is 11.7 Å². The van der Waals surface area contributed by atoms with E-state index in [1.165, 1.54) is 22.3 Å². The van der Waals surface area contributed by atoms with Gasteiger partial charge in [-0.15, -0.1) is 0 Å². The van der Waals surface area contributed by atoms with Crippen molar-refractivity contribution in [2.45, 2.75) is 27.7 Å². The lowest BCUT2D eigenvalue weighted by Crippen LogP contribution is -2.11. The quantitative estimate of drug-likeness (QED) is 0.106. The highest BCUT2D eigenvalue weighted by atomic mass is 16.1. The maximum atomic E-state index is 14.2. The molecule has 0 aliphatic heterocycles. The van der Waals surface area contributed by atoms with Crippen molar-refractivity contribution in [3.05, 3.63) is 214 Å². The van der Waals surface area contributed by atoms with E-state index in [9.17, 15) is 9.59 Å². The third kappa shape index (κ3) is 7.64. The molecule has 0 spiro atoms. The molecule has 0 fully saturated rings. The highest BCUT2D eigenvalue weighted by molar-refractivity contribution is 6.10. The van der Waals surface area contributed by atoms with Gasteiger partial charge in [0.25, 0.3) is 0 Å². The Morgan fingerprint density at radius 3 is 1.06 bits per heavy atom. The van der Waals surface area contributed by atoms with Crippen LogP contribution < -0.4 is 9.80 Å². The van der Waals surface area contributed by atoms with Crippen LogP contribution in [0.2, 0.25) is 0 Å². The van der Waals surface area contributed by atoms with Crippen LogP contribution in [0.4, 0.5) is 34.1 Å². The predicted octanol–water partition coefficient (Wildman–Crippen LogP) is 12.4. The summed E-state index contributed by atoms with van der Waals surface area (Å²) in [7, 11) is 0. The average molecular weight is 689 g/mol. The Labute approximate surface area is 311 Å². The van der Waals surface area contributed by atoms with Crippen LogP contribution in [-0.2, 0) is 4.79 Å². The highest BCUT2D eigenvalue weighted by Crippen LogP contribution is 2.38. The van der Waals surface area contributed by atoms with Crippen molar-refractivity contribution in [3.63, 3.8) is 0 Å². The summed E-state index contributed by atoms with van der Waals surface area (Å²) in [6, 6.07) is 56.4. The standard InChI is InChI=1S/C49H40N2O2/c1-34-14-22-42(23-15-34)50(43-24-16-35(2)17-25-43)46-12-6-9-39(31-46)48(33-52)38-8-5-10-40(30-38)49(53)41-11-7-13-47(32-41)51(44-26-18-36(3)19-27-44)45-28-20-37(4)21-29-45/h5-32H,1-4H3. The van der Waals surface area contributed by atoms with Crippen molar-refractivity contribution in [3.8, 4) is 0 Å². The number of benzene rings is 7. The molecule has 0 amide bonds. The van der Waals surface area contributed by atoms with Crippen LogP contribution in [0.25, 0.3) is 5.57 Å². The molecule has 4 nitrogen and oxygen atoms in total. The zero-order chi connectivity index (χ0) is 36.9. The summed E-state index contributed by atoms with van der Waals surface area (Å²) >= 11 is 0. The first kappa shape index (κ1) is 34.7. The van der Waals surface area contributed by atoms with Crippen molar-refractivity contribution in [1.29, 1.82) is 0 Å². The summed E-state index contributed by atoms with van der Waals surface area (Å²) in [6.07, 6.45) is 0. The Bertz CT molecular complexity index is 2350. The molecule has 0 radical (unpaired) electrons. The Morgan fingerprint density at radius 1 is 0.377 bits per heavy atom. The lowest BCUT2D eigenvalue weighted by molar-refractivity contribution is 0.103. The second kappa shape index (κ2) is 15.2. The van der Waals surface area contributed by atoms with Crippen LogP contribution in [0.15, 0.2) is 170 Å². The van der Waals surface area contributed by atoms with E-state index in [-0.39, 0.29) is 5.78 Å². The third-order valence-corrected chi connectivity index (χ3v) is 9.44. The smallest absolute Gasteiger partial charge is 0.193 e. The van der Waals surface area contributed by atoms with E-state index in [1.807, 2.05) is 60.7 Å². The Balaban J connectivity index is 1.22. The van der Waals surface area contributed by atoms with E-state index < -0.39 is 0 Å². The van der Waals surface area contributed by atoms with E-state index >= 15 is 0 Å².